The summed E-state index contributed by atoms with van der Waals surface area (Å²) in [6.07, 6.45) is 5.97. The van der Waals surface area contributed by atoms with Gasteiger partial charge in [-0.25, -0.2) is 15.0 Å². The molecule has 0 N–H and O–H groups in total. The SMILES string of the molecule is O=C(c1ccc(O[C@@H]2CCOC2)nc1)N1CCN(c2ncccn2)CC1. The molecule has 0 aromatic carbocycles. The first kappa shape index (κ1) is 16.7. The quantitative estimate of drug-likeness (QED) is 0.809. The number of pyridine rings is 1. The number of hydrogen-bond acceptors (Lipinski definition) is 7. The molecule has 26 heavy (non-hydrogen) atoms. The zero-order valence-electron chi connectivity index (χ0n) is 14.5. The van der Waals surface area contributed by atoms with Crippen molar-refractivity contribution < 1.29 is 14.3 Å². The molecule has 2 saturated heterocycles. The molecule has 2 aromatic heterocycles. The molecule has 136 valence electrons. The minimum atomic E-state index is -0.0121. The van der Waals surface area contributed by atoms with Gasteiger partial charge in [0.2, 0.25) is 11.8 Å². The molecule has 1 atom stereocenters. The zero-order valence-corrected chi connectivity index (χ0v) is 14.5. The number of hydrogen-bond donors (Lipinski definition) is 0. The summed E-state index contributed by atoms with van der Waals surface area (Å²) in [7, 11) is 0. The van der Waals surface area contributed by atoms with E-state index in [4.69, 9.17) is 9.47 Å². The molecular weight excluding hydrogens is 334 g/mol. The van der Waals surface area contributed by atoms with E-state index in [1.54, 1.807) is 36.8 Å². The summed E-state index contributed by atoms with van der Waals surface area (Å²) >= 11 is 0. The van der Waals surface area contributed by atoms with Crippen LogP contribution in [0.2, 0.25) is 0 Å². The first-order valence-electron chi connectivity index (χ1n) is 8.81. The molecule has 4 heterocycles. The number of amides is 1. The van der Waals surface area contributed by atoms with E-state index in [1.165, 1.54) is 0 Å². The van der Waals surface area contributed by atoms with Gasteiger partial charge in [-0.2, -0.15) is 0 Å². The average molecular weight is 355 g/mol. The molecule has 0 bridgehead atoms. The summed E-state index contributed by atoms with van der Waals surface area (Å²) in [5.41, 5.74) is 0.574. The Hall–Kier alpha value is -2.74. The van der Waals surface area contributed by atoms with Gasteiger partial charge in [0.25, 0.3) is 5.91 Å². The van der Waals surface area contributed by atoms with Crippen LogP contribution >= 0.6 is 0 Å². The van der Waals surface area contributed by atoms with Gasteiger partial charge in [-0.1, -0.05) is 0 Å². The van der Waals surface area contributed by atoms with Gasteiger partial charge >= 0.3 is 0 Å². The van der Waals surface area contributed by atoms with Crippen LogP contribution in [0.4, 0.5) is 5.95 Å². The van der Waals surface area contributed by atoms with Crippen LogP contribution in [-0.2, 0) is 4.74 Å². The van der Waals surface area contributed by atoms with E-state index < -0.39 is 0 Å². The Kier molecular flexibility index (Phi) is 4.92. The van der Waals surface area contributed by atoms with Crippen molar-refractivity contribution in [2.45, 2.75) is 12.5 Å². The van der Waals surface area contributed by atoms with E-state index >= 15 is 0 Å². The molecule has 1 amide bonds. The lowest BCUT2D eigenvalue weighted by Crippen LogP contribution is -2.49. The third-order valence-corrected chi connectivity index (χ3v) is 4.56. The maximum Gasteiger partial charge on any atom is 0.255 e. The molecule has 8 nitrogen and oxygen atoms in total. The predicted molar refractivity (Wildman–Crippen MR) is 94.2 cm³/mol. The van der Waals surface area contributed by atoms with Gasteiger partial charge in [0, 0.05) is 57.3 Å². The topological polar surface area (TPSA) is 80.7 Å². The number of anilines is 1. The van der Waals surface area contributed by atoms with Gasteiger partial charge in [-0.05, 0) is 12.1 Å². The second-order valence-corrected chi connectivity index (χ2v) is 6.32. The van der Waals surface area contributed by atoms with E-state index in [2.05, 4.69) is 19.9 Å². The normalized spacial score (nSPS) is 20.2. The number of ether oxygens (including phenoxy) is 2. The molecule has 0 unspecified atom stereocenters. The second kappa shape index (κ2) is 7.65. The number of carbonyl (C=O) groups excluding carboxylic acids is 1. The van der Waals surface area contributed by atoms with Crippen molar-refractivity contribution in [1.29, 1.82) is 0 Å². The van der Waals surface area contributed by atoms with Crippen LogP contribution in [0.3, 0.4) is 0 Å². The molecule has 4 rings (SSSR count). The molecule has 8 heteroatoms. The van der Waals surface area contributed by atoms with Crippen LogP contribution in [-0.4, -0.2) is 71.3 Å². The second-order valence-electron chi connectivity index (χ2n) is 6.32. The summed E-state index contributed by atoms with van der Waals surface area (Å²) in [5, 5.41) is 0. The molecule has 0 spiro atoms. The standard InChI is InChI=1S/C18H21N5O3/c24-17(14-2-3-16(21-12-14)26-15-4-11-25-13-15)22-7-9-23(10-8-22)18-19-5-1-6-20-18/h1-3,5-6,12,15H,4,7-11,13H2/t15-/m1/s1. The summed E-state index contributed by atoms with van der Waals surface area (Å²) in [6, 6.07) is 5.32. The van der Waals surface area contributed by atoms with E-state index in [0.717, 1.165) is 13.0 Å². The first-order valence-corrected chi connectivity index (χ1v) is 8.81. The van der Waals surface area contributed by atoms with Crippen molar-refractivity contribution in [1.82, 2.24) is 19.9 Å². The Morgan fingerprint density at radius 1 is 1.12 bits per heavy atom. The number of carbonyl (C=O) groups is 1. The Bertz CT molecular complexity index is 726. The van der Waals surface area contributed by atoms with Crippen LogP contribution < -0.4 is 9.64 Å². The van der Waals surface area contributed by atoms with Gasteiger partial charge in [0.15, 0.2) is 0 Å². The van der Waals surface area contributed by atoms with E-state index in [1.807, 2.05) is 4.90 Å². The lowest BCUT2D eigenvalue weighted by molar-refractivity contribution is 0.0745. The first-order chi connectivity index (χ1) is 12.8. The molecule has 2 aromatic rings. The highest BCUT2D eigenvalue weighted by atomic mass is 16.5. The Balaban J connectivity index is 1.33. The number of piperazine rings is 1. The Morgan fingerprint density at radius 3 is 2.58 bits per heavy atom. The lowest BCUT2D eigenvalue weighted by Gasteiger charge is -2.34. The molecule has 0 aliphatic carbocycles. The van der Waals surface area contributed by atoms with Gasteiger partial charge in [-0.15, -0.1) is 0 Å². The van der Waals surface area contributed by atoms with Gasteiger partial charge < -0.3 is 19.3 Å². The predicted octanol–water partition coefficient (Wildman–Crippen LogP) is 1.00. The van der Waals surface area contributed by atoms with Crippen LogP contribution in [0.5, 0.6) is 5.88 Å². The summed E-state index contributed by atoms with van der Waals surface area (Å²) in [5.74, 6) is 1.23. The average Bonchev–Trinajstić information content (AvgIpc) is 3.22. The maximum absolute atomic E-state index is 12.7. The molecular formula is C18H21N5O3. The largest absolute Gasteiger partial charge is 0.472 e. The summed E-state index contributed by atoms with van der Waals surface area (Å²) in [4.78, 5) is 29.4. The minimum absolute atomic E-state index is 0.0121. The third kappa shape index (κ3) is 3.75. The van der Waals surface area contributed by atoms with Crippen molar-refractivity contribution in [3.63, 3.8) is 0 Å². The smallest absolute Gasteiger partial charge is 0.255 e. The minimum Gasteiger partial charge on any atom is -0.472 e. The van der Waals surface area contributed by atoms with Crippen LogP contribution in [0, 0.1) is 0 Å². The monoisotopic (exact) mass is 355 g/mol. The van der Waals surface area contributed by atoms with Gasteiger partial charge in [0.1, 0.15) is 6.10 Å². The highest BCUT2D eigenvalue weighted by molar-refractivity contribution is 5.94. The Labute approximate surface area is 151 Å². The molecule has 2 aliphatic heterocycles. The highest BCUT2D eigenvalue weighted by Crippen LogP contribution is 2.17. The highest BCUT2D eigenvalue weighted by Gasteiger charge is 2.24. The van der Waals surface area contributed by atoms with E-state index in [9.17, 15) is 4.79 Å². The fourth-order valence-corrected chi connectivity index (χ4v) is 3.10. The number of nitrogens with zero attached hydrogens (tertiary/aromatic N) is 5. The maximum atomic E-state index is 12.7. The lowest BCUT2D eigenvalue weighted by atomic mass is 10.2. The van der Waals surface area contributed by atoms with E-state index in [-0.39, 0.29) is 12.0 Å². The van der Waals surface area contributed by atoms with Crippen molar-refractivity contribution >= 4 is 11.9 Å². The summed E-state index contributed by atoms with van der Waals surface area (Å²) in [6.45, 7) is 4.01. The molecule has 0 saturated carbocycles. The molecule has 2 fully saturated rings. The third-order valence-electron chi connectivity index (χ3n) is 4.56. The van der Waals surface area contributed by atoms with E-state index in [0.29, 0.717) is 50.2 Å². The molecule has 0 radical (unpaired) electrons. The number of aromatic nitrogens is 3. The fourth-order valence-electron chi connectivity index (χ4n) is 3.10. The van der Waals surface area contributed by atoms with Crippen molar-refractivity contribution in [2.75, 3.05) is 44.3 Å². The van der Waals surface area contributed by atoms with Crippen LogP contribution in [0.25, 0.3) is 0 Å². The summed E-state index contributed by atoms with van der Waals surface area (Å²) < 4.78 is 11.0. The van der Waals surface area contributed by atoms with Crippen molar-refractivity contribution in [2.24, 2.45) is 0 Å². The zero-order chi connectivity index (χ0) is 17.8. The van der Waals surface area contributed by atoms with Gasteiger partial charge in [0.05, 0.1) is 18.8 Å². The van der Waals surface area contributed by atoms with Crippen LogP contribution in [0.1, 0.15) is 16.8 Å². The molecule has 2 aliphatic rings. The van der Waals surface area contributed by atoms with Crippen LogP contribution in [0.15, 0.2) is 36.8 Å². The number of rotatable bonds is 4. The van der Waals surface area contributed by atoms with Gasteiger partial charge in [-0.3, -0.25) is 4.79 Å². The fraction of sp³-hybridized carbons (Fsp3) is 0.444. The van der Waals surface area contributed by atoms with Crippen molar-refractivity contribution in [3.05, 3.63) is 42.4 Å². The Morgan fingerprint density at radius 2 is 1.92 bits per heavy atom. The van der Waals surface area contributed by atoms with Crippen molar-refractivity contribution in [3.8, 4) is 5.88 Å².